The number of benzene rings is 1. The Kier molecular flexibility index (Phi) is 6.81. The van der Waals surface area contributed by atoms with E-state index in [1.165, 1.54) is 12.1 Å². The molecule has 106 valence electrons. The molecular weight excluding hydrogens is 252 g/mol. The molecule has 4 nitrogen and oxygen atoms in total. The summed E-state index contributed by atoms with van der Waals surface area (Å²) in [5.74, 6) is -0.463. The second-order valence-electron chi connectivity index (χ2n) is 3.90. The lowest BCUT2D eigenvalue weighted by molar-refractivity contribution is 0.203. The van der Waals surface area contributed by atoms with Gasteiger partial charge >= 0.3 is 0 Å². The van der Waals surface area contributed by atoms with Crippen LogP contribution in [-0.4, -0.2) is 39.8 Å². The smallest absolute Gasteiger partial charge is 0.191 e. The third-order valence-corrected chi connectivity index (χ3v) is 2.52. The van der Waals surface area contributed by atoms with Crippen LogP contribution in [0.5, 0.6) is 0 Å². The van der Waals surface area contributed by atoms with Gasteiger partial charge < -0.3 is 15.4 Å². The average molecular weight is 271 g/mol. The molecule has 0 aliphatic heterocycles. The predicted octanol–water partition coefficient (Wildman–Crippen LogP) is 1.32. The Morgan fingerprint density at radius 1 is 1.26 bits per heavy atom. The van der Waals surface area contributed by atoms with Crippen LogP contribution in [0.3, 0.4) is 0 Å². The van der Waals surface area contributed by atoms with Gasteiger partial charge in [-0.2, -0.15) is 0 Å². The van der Waals surface area contributed by atoms with E-state index in [1.54, 1.807) is 14.2 Å². The van der Waals surface area contributed by atoms with Crippen molar-refractivity contribution >= 4 is 5.96 Å². The molecule has 0 aliphatic rings. The van der Waals surface area contributed by atoms with E-state index in [2.05, 4.69) is 15.6 Å². The Hall–Kier alpha value is -1.69. The number of halogens is 2. The van der Waals surface area contributed by atoms with Crippen molar-refractivity contribution in [3.8, 4) is 0 Å². The number of aliphatic imine (C=N–C) groups is 1. The third-order valence-electron chi connectivity index (χ3n) is 2.52. The van der Waals surface area contributed by atoms with Gasteiger partial charge in [0.25, 0.3) is 0 Å². The van der Waals surface area contributed by atoms with E-state index >= 15 is 0 Å². The molecule has 0 amide bonds. The van der Waals surface area contributed by atoms with Crippen LogP contribution in [0.2, 0.25) is 0 Å². The van der Waals surface area contributed by atoms with E-state index in [9.17, 15) is 8.78 Å². The number of rotatable bonds is 6. The largest absolute Gasteiger partial charge is 0.383 e. The van der Waals surface area contributed by atoms with Crippen molar-refractivity contribution in [2.45, 2.75) is 6.42 Å². The van der Waals surface area contributed by atoms with Crippen molar-refractivity contribution < 1.29 is 13.5 Å². The zero-order valence-electron chi connectivity index (χ0n) is 11.2. The van der Waals surface area contributed by atoms with Crippen LogP contribution in [0.1, 0.15) is 5.56 Å². The van der Waals surface area contributed by atoms with Gasteiger partial charge in [-0.05, 0) is 18.1 Å². The van der Waals surface area contributed by atoms with E-state index < -0.39 is 11.6 Å². The van der Waals surface area contributed by atoms with E-state index in [-0.39, 0.29) is 0 Å². The standard InChI is InChI=1S/C13H19F2N3O/c1-16-13(18-7-8-19-2)17-6-5-10-3-4-11(14)9-12(10)15/h3-4,9H,5-8H2,1-2H3,(H2,16,17,18). The number of ether oxygens (including phenoxy) is 1. The van der Waals surface area contributed by atoms with Crippen LogP contribution < -0.4 is 10.6 Å². The number of hydrogen-bond donors (Lipinski definition) is 2. The van der Waals surface area contributed by atoms with Crippen LogP contribution in [0.4, 0.5) is 8.78 Å². The van der Waals surface area contributed by atoms with E-state index in [0.717, 1.165) is 6.07 Å². The molecule has 2 N–H and O–H groups in total. The first-order valence-corrected chi connectivity index (χ1v) is 6.04. The molecule has 0 unspecified atom stereocenters. The number of nitrogens with one attached hydrogen (secondary N) is 2. The molecule has 6 heteroatoms. The van der Waals surface area contributed by atoms with Gasteiger partial charge in [-0.3, -0.25) is 4.99 Å². The number of guanidine groups is 1. The molecule has 0 saturated carbocycles. The van der Waals surface area contributed by atoms with Crippen molar-refractivity contribution in [3.63, 3.8) is 0 Å². The van der Waals surface area contributed by atoms with Crippen LogP contribution in [0.25, 0.3) is 0 Å². The zero-order valence-corrected chi connectivity index (χ0v) is 11.2. The fourth-order valence-electron chi connectivity index (χ4n) is 1.53. The molecule has 1 aromatic carbocycles. The van der Waals surface area contributed by atoms with Gasteiger partial charge in [0.2, 0.25) is 0 Å². The van der Waals surface area contributed by atoms with Crippen molar-refractivity contribution in [1.29, 1.82) is 0 Å². The molecule has 0 aromatic heterocycles. The molecule has 0 saturated heterocycles. The van der Waals surface area contributed by atoms with Gasteiger partial charge in [-0.15, -0.1) is 0 Å². The molecule has 1 aromatic rings. The van der Waals surface area contributed by atoms with Crippen LogP contribution >= 0.6 is 0 Å². The van der Waals surface area contributed by atoms with E-state index in [0.29, 0.717) is 37.6 Å². The van der Waals surface area contributed by atoms with Crippen molar-refractivity contribution in [2.75, 3.05) is 33.9 Å². The van der Waals surface area contributed by atoms with Crippen molar-refractivity contribution in [2.24, 2.45) is 4.99 Å². The van der Waals surface area contributed by atoms with Gasteiger partial charge in [0, 0.05) is 33.3 Å². The molecule has 1 rings (SSSR count). The summed E-state index contributed by atoms with van der Waals surface area (Å²) in [6.07, 6.45) is 0.455. The van der Waals surface area contributed by atoms with Gasteiger partial charge in [-0.25, -0.2) is 8.78 Å². The summed E-state index contributed by atoms with van der Waals surface area (Å²) < 4.78 is 31.0. The van der Waals surface area contributed by atoms with Crippen molar-refractivity contribution in [3.05, 3.63) is 35.4 Å². The Bertz CT molecular complexity index is 424. The summed E-state index contributed by atoms with van der Waals surface area (Å²) in [5, 5.41) is 6.08. The molecular formula is C13H19F2N3O. The zero-order chi connectivity index (χ0) is 14.1. The minimum Gasteiger partial charge on any atom is -0.383 e. The predicted molar refractivity (Wildman–Crippen MR) is 71.3 cm³/mol. The highest BCUT2D eigenvalue weighted by Crippen LogP contribution is 2.09. The van der Waals surface area contributed by atoms with E-state index in [4.69, 9.17) is 4.74 Å². The first-order valence-electron chi connectivity index (χ1n) is 6.04. The first kappa shape index (κ1) is 15.4. The lowest BCUT2D eigenvalue weighted by Gasteiger charge is -2.11. The third kappa shape index (κ3) is 5.65. The highest BCUT2D eigenvalue weighted by atomic mass is 19.1. The second kappa shape index (κ2) is 8.42. The maximum atomic E-state index is 13.4. The summed E-state index contributed by atoms with van der Waals surface area (Å²) in [6, 6.07) is 3.60. The lowest BCUT2D eigenvalue weighted by atomic mass is 10.1. The van der Waals surface area contributed by atoms with Crippen LogP contribution in [0.15, 0.2) is 23.2 Å². The van der Waals surface area contributed by atoms with Crippen molar-refractivity contribution in [1.82, 2.24) is 10.6 Å². The second-order valence-corrected chi connectivity index (χ2v) is 3.90. The summed E-state index contributed by atoms with van der Waals surface area (Å²) in [4.78, 5) is 4.01. The van der Waals surface area contributed by atoms with Crippen LogP contribution in [-0.2, 0) is 11.2 Å². The molecule has 0 fully saturated rings. The van der Waals surface area contributed by atoms with Gasteiger partial charge in [0.1, 0.15) is 11.6 Å². The molecule has 19 heavy (non-hydrogen) atoms. The highest BCUT2D eigenvalue weighted by molar-refractivity contribution is 5.79. The molecule has 0 spiro atoms. The summed E-state index contributed by atoms with van der Waals surface area (Å²) in [7, 11) is 3.27. The monoisotopic (exact) mass is 271 g/mol. The molecule has 0 heterocycles. The number of methoxy groups -OCH3 is 1. The number of hydrogen-bond acceptors (Lipinski definition) is 2. The topological polar surface area (TPSA) is 45.7 Å². The summed E-state index contributed by atoms with van der Waals surface area (Å²) in [5.41, 5.74) is 0.473. The summed E-state index contributed by atoms with van der Waals surface area (Å²) in [6.45, 7) is 1.73. The minimum absolute atomic E-state index is 0.455. The number of nitrogens with zero attached hydrogens (tertiary/aromatic N) is 1. The Morgan fingerprint density at radius 3 is 2.63 bits per heavy atom. The van der Waals surface area contributed by atoms with Gasteiger partial charge in [0.15, 0.2) is 5.96 Å². The molecule has 0 radical (unpaired) electrons. The van der Waals surface area contributed by atoms with Gasteiger partial charge in [-0.1, -0.05) is 6.07 Å². The normalized spacial score (nSPS) is 11.5. The van der Waals surface area contributed by atoms with E-state index in [1.807, 2.05) is 0 Å². The van der Waals surface area contributed by atoms with Gasteiger partial charge in [0.05, 0.1) is 6.61 Å². The highest BCUT2D eigenvalue weighted by Gasteiger charge is 2.04. The molecule has 0 bridgehead atoms. The molecule has 0 aliphatic carbocycles. The fourth-order valence-corrected chi connectivity index (χ4v) is 1.53. The Balaban J connectivity index is 2.36. The first-order chi connectivity index (χ1) is 9.17. The Morgan fingerprint density at radius 2 is 2.00 bits per heavy atom. The maximum absolute atomic E-state index is 13.4. The lowest BCUT2D eigenvalue weighted by Crippen LogP contribution is -2.39. The SMILES string of the molecule is CN=C(NCCOC)NCCc1ccc(F)cc1F. The minimum atomic E-state index is -0.564. The summed E-state index contributed by atoms with van der Waals surface area (Å²) >= 11 is 0. The molecule has 0 atom stereocenters. The Labute approximate surface area is 111 Å². The fraction of sp³-hybridized carbons (Fsp3) is 0.462. The maximum Gasteiger partial charge on any atom is 0.191 e. The quantitative estimate of drug-likeness (QED) is 0.466. The van der Waals surface area contributed by atoms with Crippen LogP contribution in [0, 0.1) is 11.6 Å². The average Bonchev–Trinajstić information content (AvgIpc) is 2.39.